The van der Waals surface area contributed by atoms with E-state index < -0.39 is 0 Å². The summed E-state index contributed by atoms with van der Waals surface area (Å²) in [6, 6.07) is 7.37. The molecule has 0 aromatic heterocycles. The van der Waals surface area contributed by atoms with Gasteiger partial charge in [-0.05, 0) is 13.1 Å². The summed E-state index contributed by atoms with van der Waals surface area (Å²) in [4.78, 5) is 0. The number of para-hydroxylation sites is 1. The van der Waals surface area contributed by atoms with Crippen molar-refractivity contribution in [1.29, 1.82) is 0 Å². The molecule has 0 saturated heterocycles. The molecule has 3 N–H and O–H groups in total. The number of aromatic hydroxyl groups is 1. The van der Waals surface area contributed by atoms with Crippen LogP contribution in [-0.4, -0.2) is 25.2 Å². The first-order valence-corrected chi connectivity index (χ1v) is 4.47. The van der Waals surface area contributed by atoms with Crippen LogP contribution in [0.15, 0.2) is 24.3 Å². The fraction of sp³-hybridized carbons (Fsp3) is 0.400. The lowest BCUT2D eigenvalue weighted by atomic mass is 10.2. The summed E-state index contributed by atoms with van der Waals surface area (Å²) in [6.45, 7) is 2.56. The Balaban J connectivity index is 2.32. The molecule has 3 nitrogen and oxygen atoms in total. The fourth-order valence-corrected chi connectivity index (χ4v) is 1.10. The van der Waals surface area contributed by atoms with E-state index in [9.17, 15) is 5.11 Å². The highest BCUT2D eigenvalue weighted by atomic mass is 16.3. The van der Waals surface area contributed by atoms with E-state index in [2.05, 4.69) is 10.6 Å². The third-order valence-corrected chi connectivity index (χ3v) is 1.86. The Morgan fingerprint density at radius 1 is 1.23 bits per heavy atom. The average Bonchev–Trinajstić information content (AvgIpc) is 2.15. The minimum absolute atomic E-state index is 0.361. The average molecular weight is 180 g/mol. The van der Waals surface area contributed by atoms with Crippen LogP contribution in [0.3, 0.4) is 0 Å². The molecule has 72 valence electrons. The predicted molar refractivity (Wildman–Crippen MR) is 53.7 cm³/mol. The summed E-state index contributed by atoms with van der Waals surface area (Å²) < 4.78 is 0. The molecule has 3 heteroatoms. The Morgan fingerprint density at radius 2 is 2.00 bits per heavy atom. The molecule has 13 heavy (non-hydrogen) atoms. The molecule has 0 atom stereocenters. The van der Waals surface area contributed by atoms with Gasteiger partial charge >= 0.3 is 0 Å². The summed E-state index contributed by atoms with van der Waals surface area (Å²) in [5, 5.41) is 15.7. The Morgan fingerprint density at radius 3 is 2.69 bits per heavy atom. The SMILES string of the molecule is CNCCNCc1ccccc1O. The van der Waals surface area contributed by atoms with Crippen molar-refractivity contribution in [3.05, 3.63) is 29.8 Å². The van der Waals surface area contributed by atoms with Gasteiger partial charge in [-0.3, -0.25) is 0 Å². The van der Waals surface area contributed by atoms with E-state index in [4.69, 9.17) is 0 Å². The molecule has 0 saturated carbocycles. The fourth-order valence-electron chi connectivity index (χ4n) is 1.10. The molecule has 0 spiro atoms. The van der Waals surface area contributed by atoms with Crippen LogP contribution >= 0.6 is 0 Å². The second-order valence-electron chi connectivity index (χ2n) is 2.91. The summed E-state index contributed by atoms with van der Waals surface area (Å²) in [5.74, 6) is 0.361. The van der Waals surface area contributed by atoms with Gasteiger partial charge in [0.1, 0.15) is 5.75 Å². The van der Waals surface area contributed by atoms with E-state index in [1.807, 2.05) is 25.2 Å². The van der Waals surface area contributed by atoms with Crippen molar-refractivity contribution in [2.75, 3.05) is 20.1 Å². The molecule has 0 aliphatic heterocycles. The summed E-state index contributed by atoms with van der Waals surface area (Å²) in [6.07, 6.45) is 0. The van der Waals surface area contributed by atoms with Gasteiger partial charge in [0.05, 0.1) is 0 Å². The number of hydrogen-bond acceptors (Lipinski definition) is 3. The third-order valence-electron chi connectivity index (χ3n) is 1.86. The number of phenolic OH excluding ortho intramolecular Hbond substituents is 1. The zero-order chi connectivity index (χ0) is 9.52. The first kappa shape index (κ1) is 10.0. The molecule has 0 unspecified atom stereocenters. The topological polar surface area (TPSA) is 44.3 Å². The monoisotopic (exact) mass is 180 g/mol. The standard InChI is InChI=1S/C10H16N2O/c1-11-6-7-12-8-9-4-2-3-5-10(9)13/h2-5,11-13H,6-8H2,1H3. The van der Waals surface area contributed by atoms with Crippen molar-refractivity contribution >= 4 is 0 Å². The van der Waals surface area contributed by atoms with E-state index in [0.29, 0.717) is 12.3 Å². The Kier molecular flexibility index (Phi) is 4.29. The van der Waals surface area contributed by atoms with Gasteiger partial charge in [0.15, 0.2) is 0 Å². The molecular weight excluding hydrogens is 164 g/mol. The van der Waals surface area contributed by atoms with Gasteiger partial charge in [-0.1, -0.05) is 18.2 Å². The van der Waals surface area contributed by atoms with Crippen LogP contribution in [0.5, 0.6) is 5.75 Å². The van der Waals surface area contributed by atoms with Gasteiger partial charge in [-0.15, -0.1) is 0 Å². The van der Waals surface area contributed by atoms with Crippen molar-refractivity contribution in [1.82, 2.24) is 10.6 Å². The normalized spacial score (nSPS) is 10.2. The van der Waals surface area contributed by atoms with E-state index >= 15 is 0 Å². The number of rotatable bonds is 5. The maximum atomic E-state index is 9.41. The number of phenols is 1. The van der Waals surface area contributed by atoms with Crippen molar-refractivity contribution in [3.8, 4) is 5.75 Å². The molecule has 0 fully saturated rings. The second-order valence-corrected chi connectivity index (χ2v) is 2.91. The Bertz CT molecular complexity index is 250. The van der Waals surface area contributed by atoms with Gasteiger partial charge in [-0.25, -0.2) is 0 Å². The minimum atomic E-state index is 0.361. The Labute approximate surface area is 78.8 Å². The van der Waals surface area contributed by atoms with E-state index in [1.165, 1.54) is 0 Å². The minimum Gasteiger partial charge on any atom is -0.508 e. The molecule has 0 heterocycles. The predicted octanol–water partition coefficient (Wildman–Crippen LogP) is 0.701. The van der Waals surface area contributed by atoms with Gasteiger partial charge in [0.25, 0.3) is 0 Å². The van der Waals surface area contributed by atoms with Crippen LogP contribution in [0, 0.1) is 0 Å². The van der Waals surface area contributed by atoms with Gasteiger partial charge in [0.2, 0.25) is 0 Å². The van der Waals surface area contributed by atoms with Crippen LogP contribution in [0.25, 0.3) is 0 Å². The molecule has 0 radical (unpaired) electrons. The zero-order valence-electron chi connectivity index (χ0n) is 7.88. The maximum absolute atomic E-state index is 9.41. The molecular formula is C10H16N2O. The van der Waals surface area contributed by atoms with Crippen LogP contribution in [0.1, 0.15) is 5.56 Å². The summed E-state index contributed by atoms with van der Waals surface area (Å²) in [5.41, 5.74) is 0.943. The van der Waals surface area contributed by atoms with E-state index in [-0.39, 0.29) is 0 Å². The first-order chi connectivity index (χ1) is 6.34. The van der Waals surface area contributed by atoms with Crippen LogP contribution in [-0.2, 0) is 6.54 Å². The Hall–Kier alpha value is -1.06. The van der Waals surface area contributed by atoms with Crippen molar-refractivity contribution in [2.45, 2.75) is 6.54 Å². The van der Waals surface area contributed by atoms with Gasteiger partial charge < -0.3 is 15.7 Å². The van der Waals surface area contributed by atoms with Crippen molar-refractivity contribution in [3.63, 3.8) is 0 Å². The van der Waals surface area contributed by atoms with E-state index in [0.717, 1.165) is 18.7 Å². The highest BCUT2D eigenvalue weighted by molar-refractivity contribution is 5.31. The number of benzene rings is 1. The van der Waals surface area contributed by atoms with Crippen LogP contribution in [0.4, 0.5) is 0 Å². The van der Waals surface area contributed by atoms with Crippen LogP contribution in [0.2, 0.25) is 0 Å². The lowest BCUT2D eigenvalue weighted by Crippen LogP contribution is -2.24. The third kappa shape index (κ3) is 3.44. The number of hydrogen-bond donors (Lipinski definition) is 3. The summed E-state index contributed by atoms with van der Waals surface area (Å²) in [7, 11) is 1.92. The van der Waals surface area contributed by atoms with E-state index in [1.54, 1.807) is 6.07 Å². The molecule has 0 aliphatic rings. The molecule has 1 rings (SSSR count). The smallest absolute Gasteiger partial charge is 0.120 e. The van der Waals surface area contributed by atoms with Crippen molar-refractivity contribution in [2.24, 2.45) is 0 Å². The molecule has 0 bridgehead atoms. The number of nitrogens with one attached hydrogen (secondary N) is 2. The highest BCUT2D eigenvalue weighted by Crippen LogP contribution is 2.14. The molecule has 0 aliphatic carbocycles. The van der Waals surface area contributed by atoms with Crippen LogP contribution < -0.4 is 10.6 Å². The van der Waals surface area contributed by atoms with Gasteiger partial charge in [-0.2, -0.15) is 0 Å². The second kappa shape index (κ2) is 5.56. The quantitative estimate of drug-likeness (QED) is 0.584. The summed E-state index contributed by atoms with van der Waals surface area (Å²) >= 11 is 0. The zero-order valence-corrected chi connectivity index (χ0v) is 7.88. The van der Waals surface area contributed by atoms with Crippen molar-refractivity contribution < 1.29 is 5.11 Å². The highest BCUT2D eigenvalue weighted by Gasteiger charge is 1.97. The largest absolute Gasteiger partial charge is 0.508 e. The first-order valence-electron chi connectivity index (χ1n) is 4.47. The lowest BCUT2D eigenvalue weighted by Gasteiger charge is -2.05. The molecule has 1 aromatic rings. The molecule has 1 aromatic carbocycles. The maximum Gasteiger partial charge on any atom is 0.120 e. The lowest BCUT2D eigenvalue weighted by molar-refractivity contribution is 0.464. The van der Waals surface area contributed by atoms with Gasteiger partial charge in [0, 0.05) is 25.2 Å². The number of likely N-dealkylation sites (N-methyl/N-ethyl adjacent to an activating group) is 1. The molecule has 0 amide bonds.